The zero-order valence-electron chi connectivity index (χ0n) is 14.5. The predicted molar refractivity (Wildman–Crippen MR) is 100 cm³/mol. The highest BCUT2D eigenvalue weighted by Crippen LogP contribution is 2.46. The first-order valence-corrected chi connectivity index (χ1v) is 9.54. The molecule has 4 heterocycles. The number of thiophene rings is 1. The molecule has 5 rings (SSSR count). The van der Waals surface area contributed by atoms with Crippen LogP contribution < -0.4 is 27.1 Å². The van der Waals surface area contributed by atoms with Gasteiger partial charge in [-0.2, -0.15) is 4.68 Å². The molecular weight excluding hydrogens is 371 g/mol. The van der Waals surface area contributed by atoms with Crippen molar-refractivity contribution >= 4 is 16.9 Å². The third-order valence-electron chi connectivity index (χ3n) is 5.31. The van der Waals surface area contributed by atoms with Crippen LogP contribution >= 0.6 is 11.3 Å². The molecule has 0 radical (unpaired) electrons. The predicted octanol–water partition coefficient (Wildman–Crippen LogP) is 1.53. The summed E-state index contributed by atoms with van der Waals surface area (Å²) in [5, 5.41) is 5.16. The fraction of sp³-hybridized carbons (Fsp3) is 0.333. The van der Waals surface area contributed by atoms with Gasteiger partial charge in [0.25, 0.3) is 5.56 Å². The van der Waals surface area contributed by atoms with Crippen LogP contribution in [0.5, 0.6) is 5.75 Å². The summed E-state index contributed by atoms with van der Waals surface area (Å²) in [6.07, 6.45) is 2.77. The Bertz CT molecular complexity index is 1220. The molecule has 0 amide bonds. The first-order chi connectivity index (χ1) is 13.0. The lowest BCUT2D eigenvalue weighted by atomic mass is 10.0. The van der Waals surface area contributed by atoms with E-state index in [4.69, 9.17) is 10.6 Å². The third-order valence-corrected chi connectivity index (χ3v) is 6.34. The van der Waals surface area contributed by atoms with Gasteiger partial charge in [0.05, 0.1) is 24.4 Å². The van der Waals surface area contributed by atoms with E-state index in [1.807, 2.05) is 5.38 Å². The van der Waals surface area contributed by atoms with E-state index in [1.54, 1.807) is 11.3 Å². The normalized spacial score (nSPS) is 16.1. The average molecular weight is 388 g/mol. The Labute approximate surface area is 156 Å². The zero-order valence-corrected chi connectivity index (χ0v) is 15.4. The molecule has 1 aliphatic carbocycles. The topological polar surface area (TPSA) is 90.8 Å². The number of pyridine rings is 1. The van der Waals surface area contributed by atoms with Crippen molar-refractivity contribution in [2.75, 3.05) is 13.0 Å². The Morgan fingerprint density at radius 3 is 2.81 bits per heavy atom. The van der Waals surface area contributed by atoms with Crippen LogP contribution in [0.4, 0.5) is 4.39 Å². The smallest absolute Gasteiger partial charge is 0.354 e. The molecule has 1 aliphatic heterocycles. The summed E-state index contributed by atoms with van der Waals surface area (Å²) in [7, 11) is 1.43. The lowest BCUT2D eigenvalue weighted by Crippen LogP contribution is -2.44. The minimum absolute atomic E-state index is 0.00460. The fourth-order valence-electron chi connectivity index (χ4n) is 3.88. The molecule has 0 bridgehead atoms. The van der Waals surface area contributed by atoms with Crippen molar-refractivity contribution in [1.29, 1.82) is 0 Å². The van der Waals surface area contributed by atoms with Gasteiger partial charge in [0.15, 0.2) is 11.6 Å². The van der Waals surface area contributed by atoms with Crippen LogP contribution in [0.1, 0.15) is 34.8 Å². The van der Waals surface area contributed by atoms with E-state index in [0.717, 1.165) is 46.0 Å². The summed E-state index contributed by atoms with van der Waals surface area (Å²) in [6.45, 7) is 1.40. The lowest BCUT2D eigenvalue weighted by molar-refractivity contribution is 0.414. The summed E-state index contributed by atoms with van der Waals surface area (Å²) in [5.74, 6) is 5.29. The van der Waals surface area contributed by atoms with E-state index in [2.05, 4.69) is 5.32 Å². The monoisotopic (exact) mass is 388 g/mol. The summed E-state index contributed by atoms with van der Waals surface area (Å²) in [5.41, 5.74) is 1.45. The summed E-state index contributed by atoms with van der Waals surface area (Å²) in [4.78, 5) is 26.4. The summed E-state index contributed by atoms with van der Waals surface area (Å²) >= 11 is 1.56. The standard InChI is InChI=1S/C18H17FN4O3S/c1-26-16-14(10-7-27-12-5-21-4-9(10)12)11(19)6-22-15(16)13(8-2-3-8)17(24)23(20)18(22)25/h6-8,21H,2-5,20H2,1H3. The first kappa shape index (κ1) is 16.5. The summed E-state index contributed by atoms with van der Waals surface area (Å²) in [6, 6.07) is 0. The van der Waals surface area contributed by atoms with Crippen molar-refractivity contribution < 1.29 is 9.13 Å². The number of nitrogens with one attached hydrogen (secondary N) is 1. The van der Waals surface area contributed by atoms with Crippen molar-refractivity contribution in [3.05, 3.63) is 54.2 Å². The van der Waals surface area contributed by atoms with Gasteiger partial charge in [0.2, 0.25) is 0 Å². The number of fused-ring (bicyclic) bond motifs is 2. The highest BCUT2D eigenvalue weighted by atomic mass is 32.1. The maximum atomic E-state index is 15.2. The second kappa shape index (κ2) is 5.67. The van der Waals surface area contributed by atoms with Crippen LogP contribution in [0.25, 0.3) is 16.6 Å². The van der Waals surface area contributed by atoms with Crippen LogP contribution in [0, 0.1) is 5.82 Å². The molecule has 0 saturated heterocycles. The van der Waals surface area contributed by atoms with E-state index in [1.165, 1.54) is 7.11 Å². The second-order valence-electron chi connectivity index (χ2n) is 6.90. The number of hydrogen-bond donors (Lipinski definition) is 2. The van der Waals surface area contributed by atoms with Gasteiger partial charge in [0, 0.05) is 23.5 Å². The third kappa shape index (κ3) is 2.21. The maximum Gasteiger partial charge on any atom is 0.354 e. The molecule has 0 unspecified atom stereocenters. The zero-order chi connectivity index (χ0) is 18.9. The number of nitrogen functional groups attached to an aromatic ring is 1. The molecule has 0 aromatic carbocycles. The first-order valence-electron chi connectivity index (χ1n) is 8.66. The van der Waals surface area contributed by atoms with E-state index < -0.39 is 17.1 Å². The molecule has 2 aliphatic rings. The van der Waals surface area contributed by atoms with Gasteiger partial charge in [-0.1, -0.05) is 0 Å². The molecule has 3 N–H and O–H groups in total. The molecule has 9 heteroatoms. The van der Waals surface area contributed by atoms with Crippen molar-refractivity contribution in [2.24, 2.45) is 0 Å². The average Bonchev–Trinajstić information content (AvgIpc) is 3.24. The SMILES string of the molecule is COc1c(-c2csc3c2CNC3)c(F)cn2c(=O)n(N)c(=O)c(C3CC3)c12. The molecule has 27 heavy (non-hydrogen) atoms. The lowest BCUT2D eigenvalue weighted by Gasteiger charge is -2.17. The van der Waals surface area contributed by atoms with Gasteiger partial charge in [-0.05, 0) is 29.7 Å². The van der Waals surface area contributed by atoms with Gasteiger partial charge in [-0.15, -0.1) is 11.3 Å². The summed E-state index contributed by atoms with van der Waals surface area (Å²) < 4.78 is 22.4. The van der Waals surface area contributed by atoms with E-state index in [0.29, 0.717) is 22.3 Å². The van der Waals surface area contributed by atoms with Crippen LogP contribution in [-0.4, -0.2) is 16.2 Å². The Balaban J connectivity index is 1.95. The van der Waals surface area contributed by atoms with Gasteiger partial charge in [-0.25, -0.2) is 9.18 Å². The fourth-order valence-corrected chi connectivity index (χ4v) is 4.91. The molecule has 1 fully saturated rings. The Hall–Kier alpha value is -2.65. The number of hydrogen-bond acceptors (Lipinski definition) is 6. The van der Waals surface area contributed by atoms with Gasteiger partial charge >= 0.3 is 5.69 Å². The Morgan fingerprint density at radius 2 is 2.11 bits per heavy atom. The van der Waals surface area contributed by atoms with Crippen molar-refractivity contribution in [3.63, 3.8) is 0 Å². The van der Waals surface area contributed by atoms with Gasteiger partial charge in [-0.3, -0.25) is 9.20 Å². The van der Waals surface area contributed by atoms with E-state index in [-0.39, 0.29) is 17.2 Å². The van der Waals surface area contributed by atoms with Gasteiger partial charge < -0.3 is 15.9 Å². The van der Waals surface area contributed by atoms with Crippen molar-refractivity contribution in [3.8, 4) is 16.9 Å². The number of nitrogens with zero attached hydrogens (tertiary/aromatic N) is 2. The minimum Gasteiger partial charge on any atom is -0.494 e. The molecule has 1 saturated carbocycles. The molecule has 3 aromatic heterocycles. The van der Waals surface area contributed by atoms with E-state index in [9.17, 15) is 9.59 Å². The highest BCUT2D eigenvalue weighted by Gasteiger charge is 2.34. The molecular formula is C18H17FN4O3S. The molecule has 0 atom stereocenters. The molecule has 0 spiro atoms. The highest BCUT2D eigenvalue weighted by molar-refractivity contribution is 7.10. The largest absolute Gasteiger partial charge is 0.494 e. The number of rotatable bonds is 3. The van der Waals surface area contributed by atoms with Crippen LogP contribution in [-0.2, 0) is 13.1 Å². The number of ether oxygens (including phenoxy) is 1. The molecule has 140 valence electrons. The maximum absolute atomic E-state index is 15.2. The Morgan fingerprint density at radius 1 is 1.33 bits per heavy atom. The number of halogens is 1. The van der Waals surface area contributed by atoms with Gasteiger partial charge in [0.1, 0.15) is 5.52 Å². The van der Waals surface area contributed by atoms with Crippen LogP contribution in [0.2, 0.25) is 0 Å². The Kier molecular flexibility index (Phi) is 3.47. The quantitative estimate of drug-likeness (QED) is 0.664. The van der Waals surface area contributed by atoms with Crippen LogP contribution in [0.15, 0.2) is 21.2 Å². The van der Waals surface area contributed by atoms with E-state index >= 15 is 4.39 Å². The molecule has 7 nitrogen and oxygen atoms in total. The molecule has 3 aromatic rings. The van der Waals surface area contributed by atoms with Crippen LogP contribution in [0.3, 0.4) is 0 Å². The van der Waals surface area contributed by atoms with Crippen molar-refractivity contribution in [1.82, 2.24) is 14.4 Å². The number of aromatic nitrogens is 2. The number of nitrogens with two attached hydrogens (primary N) is 1. The number of methoxy groups -OCH3 is 1. The minimum atomic E-state index is -0.791. The second-order valence-corrected chi connectivity index (χ2v) is 7.87. The van der Waals surface area contributed by atoms with Crippen molar-refractivity contribution in [2.45, 2.75) is 31.8 Å².